The normalized spacial score (nSPS) is 26.4. The van der Waals surface area contributed by atoms with Crippen LogP contribution in [0.3, 0.4) is 0 Å². The Bertz CT molecular complexity index is 1940. The number of hydrogen-bond acceptors (Lipinski definition) is 9. The first-order chi connectivity index (χ1) is 26.7. The van der Waals surface area contributed by atoms with E-state index >= 15 is 0 Å². The number of nitrogens with zero attached hydrogens (tertiary/aromatic N) is 8. The maximum absolute atomic E-state index is 12.8. The van der Waals surface area contributed by atoms with Gasteiger partial charge in [0.15, 0.2) is 12.0 Å². The smallest absolute Gasteiger partial charge is 0.410 e. The highest BCUT2D eigenvalue weighted by molar-refractivity contribution is 6.45. The van der Waals surface area contributed by atoms with Crippen LogP contribution in [0.1, 0.15) is 97.5 Å². The molecule has 1 aliphatic carbocycles. The van der Waals surface area contributed by atoms with Gasteiger partial charge in [-0.3, -0.25) is 9.58 Å². The van der Waals surface area contributed by atoms with Crippen molar-refractivity contribution in [2.45, 2.75) is 116 Å². The summed E-state index contributed by atoms with van der Waals surface area (Å²) >= 11 is 14.4. The molecular weight excluding hydrogens is 751 g/mol. The molecule has 3 aromatic rings. The zero-order valence-electron chi connectivity index (χ0n) is 34.2. The van der Waals surface area contributed by atoms with E-state index in [-0.39, 0.29) is 29.3 Å². The molecule has 1 spiro atoms. The van der Waals surface area contributed by atoms with Crippen LogP contribution in [0.5, 0.6) is 0 Å². The fourth-order valence-corrected chi connectivity index (χ4v) is 11.1. The SMILES string of the molecule is Cc1c(-c2c(Cl)c(Cl)cc3c2cnn3C2CCCCO2)c(N2CC[C@@H](CN3CCN(C4COC4)CC3)CC2(C)C)nn1C1CC2(C1)CN(C(=O)OC(C)(C)C)C2. The molecule has 9 rings (SSSR count). The third kappa shape index (κ3) is 7.12. The number of halogens is 2. The molecule has 1 amide bonds. The summed E-state index contributed by atoms with van der Waals surface area (Å²) in [6.45, 7) is 23.3. The van der Waals surface area contributed by atoms with E-state index in [1.807, 2.05) is 42.6 Å². The molecule has 5 saturated heterocycles. The summed E-state index contributed by atoms with van der Waals surface area (Å²) in [6.07, 6.45) is 8.80. The largest absolute Gasteiger partial charge is 0.444 e. The molecule has 1 saturated carbocycles. The van der Waals surface area contributed by atoms with Gasteiger partial charge in [0.1, 0.15) is 5.60 Å². The van der Waals surface area contributed by atoms with Crippen molar-refractivity contribution in [1.82, 2.24) is 34.3 Å². The second-order valence-electron chi connectivity index (χ2n) is 19.4. The Labute approximate surface area is 341 Å². The summed E-state index contributed by atoms with van der Waals surface area (Å²) in [5.41, 5.74) is 3.43. The molecule has 6 aliphatic rings. The van der Waals surface area contributed by atoms with Gasteiger partial charge < -0.3 is 28.9 Å². The van der Waals surface area contributed by atoms with Gasteiger partial charge in [0.05, 0.1) is 47.1 Å². The Hall–Kier alpha value is -2.61. The maximum Gasteiger partial charge on any atom is 0.410 e. The molecule has 0 N–H and O–H groups in total. The number of fused-ring (bicyclic) bond motifs is 1. The molecular formula is C42H60Cl2N8O4. The van der Waals surface area contributed by atoms with E-state index < -0.39 is 5.60 Å². The summed E-state index contributed by atoms with van der Waals surface area (Å²) in [5.74, 6) is 1.58. The van der Waals surface area contributed by atoms with E-state index in [1.54, 1.807) is 0 Å². The van der Waals surface area contributed by atoms with E-state index in [2.05, 4.69) is 40.2 Å². The quantitative estimate of drug-likeness (QED) is 0.237. The third-order valence-electron chi connectivity index (χ3n) is 13.6. The number of carbonyl (C=O) groups excluding carboxylic acids is 1. The lowest BCUT2D eigenvalue weighted by Gasteiger charge is -2.58. The third-order valence-corrected chi connectivity index (χ3v) is 14.4. The number of carbonyl (C=O) groups is 1. The lowest BCUT2D eigenvalue weighted by Crippen LogP contribution is -2.64. The van der Waals surface area contributed by atoms with E-state index in [9.17, 15) is 4.79 Å². The molecule has 0 radical (unpaired) electrons. The highest BCUT2D eigenvalue weighted by Gasteiger charge is 2.56. The first-order valence-electron chi connectivity index (χ1n) is 21.0. The fraction of sp³-hybridized carbons (Fsp3) is 0.738. The second kappa shape index (κ2) is 14.6. The summed E-state index contributed by atoms with van der Waals surface area (Å²) in [5, 5.41) is 12.5. The van der Waals surface area contributed by atoms with Gasteiger partial charge in [-0.15, -0.1) is 0 Å². The number of piperidine rings is 1. The minimum Gasteiger partial charge on any atom is -0.444 e. The summed E-state index contributed by atoms with van der Waals surface area (Å²) in [4.78, 5) is 22.5. The molecule has 306 valence electrons. The van der Waals surface area contributed by atoms with Crippen LogP contribution in [-0.2, 0) is 14.2 Å². The van der Waals surface area contributed by atoms with Gasteiger partial charge in [-0.2, -0.15) is 10.2 Å². The second-order valence-corrected chi connectivity index (χ2v) is 20.2. The van der Waals surface area contributed by atoms with Gasteiger partial charge in [-0.25, -0.2) is 9.48 Å². The van der Waals surface area contributed by atoms with Gasteiger partial charge >= 0.3 is 6.09 Å². The lowest BCUT2D eigenvalue weighted by atomic mass is 9.61. The van der Waals surface area contributed by atoms with Crippen molar-refractivity contribution in [1.29, 1.82) is 0 Å². The fourth-order valence-electron chi connectivity index (χ4n) is 10.6. The van der Waals surface area contributed by atoms with Crippen molar-refractivity contribution in [3.8, 4) is 11.1 Å². The highest BCUT2D eigenvalue weighted by atomic mass is 35.5. The molecule has 6 fully saturated rings. The van der Waals surface area contributed by atoms with Crippen LogP contribution in [0.2, 0.25) is 10.0 Å². The number of benzene rings is 1. The van der Waals surface area contributed by atoms with E-state index in [1.165, 1.54) is 0 Å². The van der Waals surface area contributed by atoms with Crippen molar-refractivity contribution in [2.75, 3.05) is 77.1 Å². The Kier molecular flexibility index (Phi) is 10.1. The number of ether oxygens (including phenoxy) is 3. The molecule has 0 bridgehead atoms. The maximum atomic E-state index is 12.8. The van der Waals surface area contributed by atoms with Gasteiger partial charge in [0.25, 0.3) is 0 Å². The van der Waals surface area contributed by atoms with Gasteiger partial charge in [-0.05, 0) is 98.5 Å². The Morgan fingerprint density at radius 1 is 0.964 bits per heavy atom. The van der Waals surface area contributed by atoms with Crippen molar-refractivity contribution < 1.29 is 19.0 Å². The molecule has 7 heterocycles. The average molecular weight is 812 g/mol. The average Bonchev–Trinajstić information content (AvgIpc) is 3.64. The minimum absolute atomic E-state index is 0.108. The lowest BCUT2D eigenvalue weighted by molar-refractivity contribution is -0.0930. The van der Waals surface area contributed by atoms with Crippen LogP contribution in [0, 0.1) is 18.3 Å². The molecule has 2 aromatic heterocycles. The molecule has 5 aliphatic heterocycles. The van der Waals surface area contributed by atoms with Gasteiger partial charge in [-0.1, -0.05) is 23.2 Å². The molecule has 2 atom stereocenters. The molecule has 56 heavy (non-hydrogen) atoms. The first kappa shape index (κ1) is 38.9. The topological polar surface area (TPSA) is 93.4 Å². The van der Waals surface area contributed by atoms with E-state index in [0.717, 1.165) is 151 Å². The molecule has 1 aromatic carbocycles. The predicted molar refractivity (Wildman–Crippen MR) is 220 cm³/mol. The molecule has 1 unspecified atom stereocenters. The van der Waals surface area contributed by atoms with Gasteiger partial charge in [0.2, 0.25) is 0 Å². The molecule has 14 heteroatoms. The van der Waals surface area contributed by atoms with Crippen molar-refractivity contribution in [3.05, 3.63) is 28.0 Å². The highest BCUT2D eigenvalue weighted by Crippen LogP contribution is 2.56. The number of anilines is 1. The summed E-state index contributed by atoms with van der Waals surface area (Å²) in [7, 11) is 0. The first-order valence-corrected chi connectivity index (χ1v) is 21.8. The number of aromatic nitrogens is 4. The van der Waals surface area contributed by atoms with E-state index in [4.69, 9.17) is 47.6 Å². The van der Waals surface area contributed by atoms with Gasteiger partial charge in [0, 0.05) is 92.1 Å². The van der Waals surface area contributed by atoms with Crippen LogP contribution in [0.25, 0.3) is 22.0 Å². The predicted octanol–water partition coefficient (Wildman–Crippen LogP) is 7.80. The summed E-state index contributed by atoms with van der Waals surface area (Å²) < 4.78 is 21.6. The minimum atomic E-state index is -0.503. The van der Waals surface area contributed by atoms with Crippen LogP contribution in [0.15, 0.2) is 12.3 Å². The van der Waals surface area contributed by atoms with Crippen LogP contribution >= 0.6 is 23.2 Å². The number of amides is 1. The standard InChI is InChI=1S/C42H60Cl2N8O4/c1-27-35(36-31-21-45-52(34-9-7-8-16-55-34)33(31)17-32(43)37(36)44)38(46-51(27)29-19-42(20-29)25-49(26-42)39(53)56-40(2,3)4)50-11-10-28(18-41(50,5)6)22-47-12-14-48(15-13-47)30-23-54-24-30/h17,21,28-30,34H,7-16,18-20,22-26H2,1-6H3/t28-,34?/m1/s1. The Morgan fingerprint density at radius 3 is 2.36 bits per heavy atom. The summed E-state index contributed by atoms with van der Waals surface area (Å²) in [6, 6.07) is 2.79. The number of likely N-dealkylation sites (tertiary alicyclic amines) is 1. The van der Waals surface area contributed by atoms with E-state index in [0.29, 0.717) is 22.0 Å². The zero-order valence-corrected chi connectivity index (χ0v) is 35.7. The van der Waals surface area contributed by atoms with Crippen LogP contribution < -0.4 is 4.90 Å². The number of piperazine rings is 1. The number of hydrogen-bond donors (Lipinski definition) is 0. The zero-order chi connectivity index (χ0) is 39.1. The molecule has 12 nitrogen and oxygen atoms in total. The monoisotopic (exact) mass is 810 g/mol. The Balaban J connectivity index is 1.01. The van der Waals surface area contributed by atoms with Crippen molar-refractivity contribution in [3.63, 3.8) is 0 Å². The van der Waals surface area contributed by atoms with Crippen LogP contribution in [0.4, 0.5) is 10.6 Å². The Morgan fingerprint density at radius 2 is 1.71 bits per heavy atom. The van der Waals surface area contributed by atoms with Crippen molar-refractivity contribution in [2.24, 2.45) is 11.3 Å². The number of rotatable bonds is 7. The van der Waals surface area contributed by atoms with Crippen LogP contribution in [-0.4, -0.2) is 130 Å². The van der Waals surface area contributed by atoms with Crippen molar-refractivity contribution >= 4 is 46.0 Å².